The Labute approximate surface area is 123 Å². The molecule has 1 unspecified atom stereocenters. The molecule has 5 nitrogen and oxygen atoms in total. The number of hydrogen-bond acceptors (Lipinski definition) is 3. The van der Waals surface area contributed by atoms with Crippen LogP contribution in [-0.2, 0) is 10.2 Å². The first kappa shape index (κ1) is 15.9. The Balaban J connectivity index is 1.95. The van der Waals surface area contributed by atoms with Gasteiger partial charge in [-0.15, -0.1) is 0 Å². The first-order chi connectivity index (χ1) is 9.50. The molecule has 0 radical (unpaired) electrons. The molecule has 2 heterocycles. The first-order valence-corrected chi connectivity index (χ1v) is 9.03. The van der Waals surface area contributed by atoms with Gasteiger partial charge in [0.15, 0.2) is 0 Å². The van der Waals surface area contributed by atoms with E-state index in [2.05, 4.69) is 25.2 Å². The zero-order valence-electron chi connectivity index (χ0n) is 12.6. The molecule has 0 aromatic heterocycles. The van der Waals surface area contributed by atoms with Crippen molar-refractivity contribution in [2.75, 3.05) is 32.7 Å². The molecule has 0 aromatic rings. The topological polar surface area (TPSA) is 52.7 Å². The Morgan fingerprint density at radius 2 is 2.05 bits per heavy atom. The maximum Gasteiger partial charge on any atom is 0.282 e. The van der Waals surface area contributed by atoms with Gasteiger partial charge in [0.25, 0.3) is 10.2 Å². The van der Waals surface area contributed by atoms with Crippen LogP contribution in [0.4, 0.5) is 0 Å². The van der Waals surface area contributed by atoms with Gasteiger partial charge in [0.05, 0.1) is 0 Å². The average molecular weight is 301 g/mol. The third-order valence-corrected chi connectivity index (χ3v) is 5.94. The molecule has 0 amide bonds. The molecule has 6 heteroatoms. The van der Waals surface area contributed by atoms with Gasteiger partial charge < -0.3 is 5.32 Å². The molecule has 1 N–H and O–H groups in total. The molecular weight excluding hydrogens is 274 g/mol. The van der Waals surface area contributed by atoms with Gasteiger partial charge in [-0.1, -0.05) is 26.0 Å². The lowest BCUT2D eigenvalue weighted by Gasteiger charge is -2.36. The lowest BCUT2D eigenvalue weighted by molar-refractivity contribution is 0.241. The molecule has 116 valence electrons. The van der Waals surface area contributed by atoms with Crippen LogP contribution < -0.4 is 5.32 Å². The number of nitrogens with one attached hydrogen (secondary N) is 1. The Kier molecular flexibility index (Phi) is 5.60. The van der Waals surface area contributed by atoms with Gasteiger partial charge in [0.1, 0.15) is 0 Å². The van der Waals surface area contributed by atoms with Crippen molar-refractivity contribution in [1.29, 1.82) is 0 Å². The number of rotatable bonds is 5. The summed E-state index contributed by atoms with van der Waals surface area (Å²) in [7, 11) is -3.27. The highest BCUT2D eigenvalue weighted by Gasteiger charge is 2.33. The summed E-state index contributed by atoms with van der Waals surface area (Å²) < 4.78 is 28.5. The van der Waals surface area contributed by atoms with Crippen molar-refractivity contribution >= 4 is 10.2 Å². The second kappa shape index (κ2) is 7.02. The summed E-state index contributed by atoms with van der Waals surface area (Å²) in [5, 5.41) is 3.42. The third-order valence-electron chi connectivity index (χ3n) is 3.97. The third kappa shape index (κ3) is 4.04. The van der Waals surface area contributed by atoms with Gasteiger partial charge in [0.2, 0.25) is 0 Å². The van der Waals surface area contributed by atoms with Crippen molar-refractivity contribution in [3.05, 3.63) is 12.2 Å². The van der Waals surface area contributed by atoms with Crippen LogP contribution >= 0.6 is 0 Å². The van der Waals surface area contributed by atoms with E-state index in [0.717, 1.165) is 25.8 Å². The van der Waals surface area contributed by atoms with E-state index in [1.807, 2.05) is 6.08 Å². The zero-order chi connectivity index (χ0) is 14.6. The summed E-state index contributed by atoms with van der Waals surface area (Å²) in [4.78, 5) is 0. The fourth-order valence-corrected chi connectivity index (χ4v) is 4.49. The molecule has 1 atom stereocenters. The quantitative estimate of drug-likeness (QED) is 0.777. The molecule has 1 saturated heterocycles. The SMILES string of the molecule is CC(C)NCC1CCCN(S(=O)(=O)N2CC=CCC2)C1. The summed E-state index contributed by atoms with van der Waals surface area (Å²) in [6.07, 6.45) is 6.91. The van der Waals surface area contributed by atoms with Crippen molar-refractivity contribution in [3.8, 4) is 0 Å². The van der Waals surface area contributed by atoms with Crippen LogP contribution in [0.25, 0.3) is 0 Å². The largest absolute Gasteiger partial charge is 0.314 e. The zero-order valence-corrected chi connectivity index (χ0v) is 13.4. The summed E-state index contributed by atoms with van der Waals surface area (Å²) >= 11 is 0. The van der Waals surface area contributed by atoms with Crippen LogP contribution in [0.15, 0.2) is 12.2 Å². The molecule has 0 spiro atoms. The Hall–Kier alpha value is -0.430. The molecule has 0 bridgehead atoms. The summed E-state index contributed by atoms with van der Waals surface area (Å²) in [5.74, 6) is 0.432. The molecule has 0 aliphatic carbocycles. The molecule has 2 rings (SSSR count). The number of piperidine rings is 1. The fraction of sp³-hybridized carbons (Fsp3) is 0.857. The molecule has 0 saturated carbocycles. The van der Waals surface area contributed by atoms with E-state index in [1.54, 1.807) is 8.61 Å². The fourth-order valence-electron chi connectivity index (χ4n) is 2.80. The average Bonchev–Trinajstić information content (AvgIpc) is 2.46. The highest BCUT2D eigenvalue weighted by molar-refractivity contribution is 7.86. The van der Waals surface area contributed by atoms with Gasteiger partial charge in [-0.25, -0.2) is 0 Å². The van der Waals surface area contributed by atoms with Crippen molar-refractivity contribution < 1.29 is 8.42 Å². The van der Waals surface area contributed by atoms with Crippen LogP contribution in [0.3, 0.4) is 0 Å². The van der Waals surface area contributed by atoms with Gasteiger partial charge in [0, 0.05) is 32.2 Å². The van der Waals surface area contributed by atoms with Crippen molar-refractivity contribution in [1.82, 2.24) is 13.9 Å². The summed E-state index contributed by atoms with van der Waals surface area (Å²) in [5.41, 5.74) is 0. The van der Waals surface area contributed by atoms with Crippen molar-refractivity contribution in [2.24, 2.45) is 5.92 Å². The lowest BCUT2D eigenvalue weighted by atomic mass is 9.99. The van der Waals surface area contributed by atoms with Crippen molar-refractivity contribution in [3.63, 3.8) is 0 Å². The maximum absolute atomic E-state index is 12.6. The second-order valence-electron chi connectivity index (χ2n) is 6.06. The van der Waals surface area contributed by atoms with E-state index in [-0.39, 0.29) is 0 Å². The van der Waals surface area contributed by atoms with Gasteiger partial charge >= 0.3 is 0 Å². The lowest BCUT2D eigenvalue weighted by Crippen LogP contribution is -2.50. The minimum atomic E-state index is -3.27. The standard InChI is InChI=1S/C14H27N3O2S/c1-13(2)15-11-14-7-6-10-17(12-14)20(18,19)16-8-4-3-5-9-16/h3-4,13-15H,5-12H2,1-2H3. The van der Waals surface area contributed by atoms with Crippen LogP contribution in [0.1, 0.15) is 33.1 Å². The van der Waals surface area contributed by atoms with Crippen molar-refractivity contribution in [2.45, 2.75) is 39.2 Å². The highest BCUT2D eigenvalue weighted by atomic mass is 32.2. The Morgan fingerprint density at radius 1 is 1.25 bits per heavy atom. The normalized spacial score (nSPS) is 26.2. The molecule has 1 fully saturated rings. The van der Waals surface area contributed by atoms with E-state index in [1.165, 1.54) is 0 Å². The van der Waals surface area contributed by atoms with E-state index < -0.39 is 10.2 Å². The highest BCUT2D eigenvalue weighted by Crippen LogP contribution is 2.22. The molecule has 0 aromatic carbocycles. The van der Waals surface area contributed by atoms with E-state index in [0.29, 0.717) is 38.1 Å². The molecular formula is C14H27N3O2S. The first-order valence-electron chi connectivity index (χ1n) is 7.63. The minimum Gasteiger partial charge on any atom is -0.314 e. The van der Waals surface area contributed by atoms with E-state index >= 15 is 0 Å². The van der Waals surface area contributed by atoms with E-state index in [9.17, 15) is 8.42 Å². The van der Waals surface area contributed by atoms with E-state index in [4.69, 9.17) is 0 Å². The molecule has 20 heavy (non-hydrogen) atoms. The predicted molar refractivity (Wildman–Crippen MR) is 81.7 cm³/mol. The maximum atomic E-state index is 12.6. The monoisotopic (exact) mass is 301 g/mol. The summed E-state index contributed by atoms with van der Waals surface area (Å²) in [6.45, 7) is 7.61. The van der Waals surface area contributed by atoms with Gasteiger partial charge in [-0.05, 0) is 31.7 Å². The van der Waals surface area contributed by atoms with Gasteiger partial charge in [-0.2, -0.15) is 17.0 Å². The Morgan fingerprint density at radius 3 is 2.70 bits per heavy atom. The molecule has 2 aliphatic heterocycles. The summed E-state index contributed by atoms with van der Waals surface area (Å²) in [6, 6.07) is 0.453. The minimum absolute atomic E-state index is 0.432. The Bertz CT molecular complexity index is 434. The molecule has 2 aliphatic rings. The number of hydrogen-bond donors (Lipinski definition) is 1. The smallest absolute Gasteiger partial charge is 0.282 e. The van der Waals surface area contributed by atoms with Gasteiger partial charge in [-0.3, -0.25) is 0 Å². The number of nitrogens with zero attached hydrogens (tertiary/aromatic N) is 2. The van der Waals surface area contributed by atoms with Crippen LogP contribution in [0, 0.1) is 5.92 Å². The predicted octanol–water partition coefficient (Wildman–Crippen LogP) is 1.20. The van der Waals surface area contributed by atoms with Crippen LogP contribution in [0.2, 0.25) is 0 Å². The van der Waals surface area contributed by atoms with Crippen LogP contribution in [0.5, 0.6) is 0 Å². The second-order valence-corrected chi connectivity index (χ2v) is 7.98. The van der Waals surface area contributed by atoms with Crippen LogP contribution in [-0.4, -0.2) is 55.8 Å².